The van der Waals surface area contributed by atoms with E-state index in [9.17, 15) is 0 Å². The third kappa shape index (κ3) is 1.11. The zero-order chi connectivity index (χ0) is 8.98. The molecule has 3 atom stereocenters. The van der Waals surface area contributed by atoms with Gasteiger partial charge in [0.05, 0.1) is 0 Å². The van der Waals surface area contributed by atoms with Gasteiger partial charge in [-0.3, -0.25) is 0 Å². The standard InChI is InChI=1S/C11H19Cl/c1-8-4-10(2,3)7-11(8)5-9(11)6-12/h8-9H,4-7H2,1-3H3. The number of rotatable bonds is 1. The van der Waals surface area contributed by atoms with Gasteiger partial charge in [-0.05, 0) is 41.9 Å². The Morgan fingerprint density at radius 1 is 1.33 bits per heavy atom. The predicted octanol–water partition coefficient (Wildman–Crippen LogP) is 3.69. The first-order chi connectivity index (χ1) is 5.50. The molecule has 0 saturated heterocycles. The van der Waals surface area contributed by atoms with Gasteiger partial charge < -0.3 is 0 Å². The second kappa shape index (κ2) is 2.41. The number of hydrogen-bond donors (Lipinski definition) is 0. The highest BCUT2D eigenvalue weighted by atomic mass is 35.5. The molecule has 0 heterocycles. The Balaban J connectivity index is 2.11. The summed E-state index contributed by atoms with van der Waals surface area (Å²) in [6, 6.07) is 0. The minimum Gasteiger partial charge on any atom is -0.126 e. The zero-order valence-electron chi connectivity index (χ0n) is 8.36. The van der Waals surface area contributed by atoms with Crippen molar-refractivity contribution in [2.24, 2.45) is 22.7 Å². The van der Waals surface area contributed by atoms with E-state index >= 15 is 0 Å². The Bertz CT molecular complexity index is 197. The molecule has 0 amide bonds. The van der Waals surface area contributed by atoms with E-state index in [0.29, 0.717) is 10.8 Å². The molecular weight excluding hydrogens is 168 g/mol. The van der Waals surface area contributed by atoms with Crippen molar-refractivity contribution in [3.05, 3.63) is 0 Å². The summed E-state index contributed by atoms with van der Waals surface area (Å²) in [5.74, 6) is 2.65. The summed E-state index contributed by atoms with van der Waals surface area (Å²) < 4.78 is 0. The van der Waals surface area contributed by atoms with Crippen LogP contribution in [0.3, 0.4) is 0 Å². The Morgan fingerprint density at radius 3 is 2.33 bits per heavy atom. The van der Waals surface area contributed by atoms with Crippen molar-refractivity contribution in [1.82, 2.24) is 0 Å². The molecule has 2 aliphatic carbocycles. The summed E-state index contributed by atoms with van der Waals surface area (Å²) in [6.45, 7) is 7.23. The predicted molar refractivity (Wildman–Crippen MR) is 53.4 cm³/mol. The van der Waals surface area contributed by atoms with Gasteiger partial charge in [0.25, 0.3) is 0 Å². The molecule has 1 spiro atoms. The Hall–Kier alpha value is 0.290. The van der Waals surface area contributed by atoms with Gasteiger partial charge in [-0.2, -0.15) is 0 Å². The molecule has 0 bridgehead atoms. The lowest BCUT2D eigenvalue weighted by Gasteiger charge is -2.16. The molecule has 2 rings (SSSR count). The highest BCUT2D eigenvalue weighted by molar-refractivity contribution is 6.18. The summed E-state index contributed by atoms with van der Waals surface area (Å²) in [7, 11) is 0. The second-order valence-electron chi connectivity index (χ2n) is 5.73. The van der Waals surface area contributed by atoms with Gasteiger partial charge in [0.2, 0.25) is 0 Å². The van der Waals surface area contributed by atoms with Crippen molar-refractivity contribution >= 4 is 11.6 Å². The lowest BCUT2D eigenvalue weighted by atomic mass is 9.89. The van der Waals surface area contributed by atoms with Crippen LogP contribution in [0.5, 0.6) is 0 Å². The SMILES string of the molecule is CC1CC(C)(C)CC12CC2CCl. The minimum absolute atomic E-state index is 0.584. The molecule has 0 radical (unpaired) electrons. The van der Waals surface area contributed by atoms with Gasteiger partial charge >= 0.3 is 0 Å². The quantitative estimate of drug-likeness (QED) is 0.548. The molecule has 2 aliphatic rings. The molecule has 0 nitrogen and oxygen atoms in total. The van der Waals surface area contributed by atoms with Gasteiger partial charge in [0.15, 0.2) is 0 Å². The Labute approximate surface area is 80.7 Å². The summed E-state index contributed by atoms with van der Waals surface area (Å²) in [4.78, 5) is 0. The molecule has 1 heteroatoms. The normalized spacial score (nSPS) is 50.0. The zero-order valence-corrected chi connectivity index (χ0v) is 9.12. The van der Waals surface area contributed by atoms with Crippen molar-refractivity contribution in [2.45, 2.75) is 40.0 Å². The van der Waals surface area contributed by atoms with Crippen LogP contribution in [0.15, 0.2) is 0 Å². The maximum absolute atomic E-state index is 5.93. The average Bonchev–Trinajstić information content (AvgIpc) is 2.55. The van der Waals surface area contributed by atoms with Crippen LogP contribution < -0.4 is 0 Å². The molecule has 0 aromatic carbocycles. The van der Waals surface area contributed by atoms with E-state index in [2.05, 4.69) is 20.8 Å². The van der Waals surface area contributed by atoms with Crippen molar-refractivity contribution in [2.75, 3.05) is 5.88 Å². The van der Waals surface area contributed by atoms with E-state index in [1.807, 2.05) is 0 Å². The molecule has 0 aromatic rings. The highest BCUT2D eigenvalue weighted by Gasteiger charge is 2.62. The monoisotopic (exact) mass is 186 g/mol. The van der Waals surface area contributed by atoms with Crippen LogP contribution >= 0.6 is 11.6 Å². The first kappa shape index (κ1) is 8.87. The summed E-state index contributed by atoms with van der Waals surface area (Å²) in [5, 5.41) is 0. The van der Waals surface area contributed by atoms with Crippen molar-refractivity contribution in [3.8, 4) is 0 Å². The van der Waals surface area contributed by atoms with E-state index in [1.54, 1.807) is 0 Å². The van der Waals surface area contributed by atoms with Gasteiger partial charge in [0.1, 0.15) is 0 Å². The van der Waals surface area contributed by atoms with Crippen LogP contribution in [-0.4, -0.2) is 5.88 Å². The third-order valence-electron chi connectivity index (χ3n) is 4.11. The van der Waals surface area contributed by atoms with Crippen LogP contribution in [-0.2, 0) is 0 Å². The van der Waals surface area contributed by atoms with Gasteiger partial charge in [-0.15, -0.1) is 11.6 Å². The van der Waals surface area contributed by atoms with E-state index in [-0.39, 0.29) is 0 Å². The minimum atomic E-state index is 0.584. The fourth-order valence-corrected chi connectivity index (χ4v) is 4.01. The summed E-state index contributed by atoms with van der Waals surface area (Å²) in [5.41, 5.74) is 1.26. The van der Waals surface area contributed by atoms with E-state index in [1.165, 1.54) is 19.3 Å². The molecule has 70 valence electrons. The fraction of sp³-hybridized carbons (Fsp3) is 1.00. The molecule has 0 aliphatic heterocycles. The molecule has 12 heavy (non-hydrogen) atoms. The first-order valence-corrected chi connectivity index (χ1v) is 5.60. The largest absolute Gasteiger partial charge is 0.126 e. The summed E-state index contributed by atoms with van der Waals surface area (Å²) in [6.07, 6.45) is 4.22. The topological polar surface area (TPSA) is 0 Å². The number of alkyl halides is 1. The molecule has 0 aromatic heterocycles. The van der Waals surface area contributed by atoms with Crippen LogP contribution in [0, 0.1) is 22.7 Å². The van der Waals surface area contributed by atoms with Crippen LogP contribution in [0.2, 0.25) is 0 Å². The van der Waals surface area contributed by atoms with Gasteiger partial charge in [-0.25, -0.2) is 0 Å². The smallest absolute Gasteiger partial charge is 0.0257 e. The lowest BCUT2D eigenvalue weighted by Crippen LogP contribution is -2.09. The first-order valence-electron chi connectivity index (χ1n) is 5.06. The van der Waals surface area contributed by atoms with Crippen LogP contribution in [0.25, 0.3) is 0 Å². The number of halogens is 1. The van der Waals surface area contributed by atoms with Crippen molar-refractivity contribution in [3.63, 3.8) is 0 Å². The van der Waals surface area contributed by atoms with Crippen molar-refractivity contribution < 1.29 is 0 Å². The van der Waals surface area contributed by atoms with Crippen molar-refractivity contribution in [1.29, 1.82) is 0 Å². The third-order valence-corrected chi connectivity index (χ3v) is 4.49. The van der Waals surface area contributed by atoms with Gasteiger partial charge in [-0.1, -0.05) is 20.8 Å². The summed E-state index contributed by atoms with van der Waals surface area (Å²) >= 11 is 5.93. The molecule has 0 N–H and O–H groups in total. The van der Waals surface area contributed by atoms with Crippen LogP contribution in [0.4, 0.5) is 0 Å². The van der Waals surface area contributed by atoms with E-state index < -0.39 is 0 Å². The Morgan fingerprint density at radius 2 is 2.00 bits per heavy atom. The van der Waals surface area contributed by atoms with E-state index in [4.69, 9.17) is 11.6 Å². The molecule has 2 fully saturated rings. The number of hydrogen-bond acceptors (Lipinski definition) is 0. The highest BCUT2D eigenvalue weighted by Crippen LogP contribution is 2.70. The molecule has 2 saturated carbocycles. The maximum atomic E-state index is 5.93. The van der Waals surface area contributed by atoms with E-state index in [0.717, 1.165) is 17.7 Å². The fourth-order valence-electron chi connectivity index (χ4n) is 3.60. The lowest BCUT2D eigenvalue weighted by molar-refractivity contribution is 0.340. The molecule has 3 unspecified atom stereocenters. The maximum Gasteiger partial charge on any atom is 0.0257 e. The van der Waals surface area contributed by atoms with Crippen LogP contribution in [0.1, 0.15) is 40.0 Å². The molecular formula is C11H19Cl. The average molecular weight is 187 g/mol. The second-order valence-corrected chi connectivity index (χ2v) is 6.04. The van der Waals surface area contributed by atoms with Gasteiger partial charge in [0, 0.05) is 5.88 Å². The Kier molecular flexibility index (Phi) is 1.78.